The first-order valence-electron chi connectivity index (χ1n) is 6.79. The molecule has 2 rings (SSSR count). The third-order valence-electron chi connectivity index (χ3n) is 3.10. The van der Waals surface area contributed by atoms with Gasteiger partial charge in [0.25, 0.3) is 0 Å². The molecule has 1 aliphatic heterocycles. The maximum atomic E-state index is 12.1. The van der Waals surface area contributed by atoms with Crippen molar-refractivity contribution in [3.05, 3.63) is 24.4 Å². The van der Waals surface area contributed by atoms with Gasteiger partial charge >= 0.3 is 0 Å². The van der Waals surface area contributed by atoms with Gasteiger partial charge in [0.15, 0.2) is 0 Å². The molecular formula is C15H22N2O2. The molecule has 1 fully saturated rings. The summed E-state index contributed by atoms with van der Waals surface area (Å²) < 4.78 is 5.78. The highest BCUT2D eigenvalue weighted by atomic mass is 16.5. The molecule has 0 N–H and O–H groups in total. The van der Waals surface area contributed by atoms with E-state index in [1.165, 1.54) is 0 Å². The quantitative estimate of drug-likeness (QED) is 0.840. The standard InChI is InChI=1S/C15H22N2O2/c1-15(2,3)10-14(18)17-9-7-12(11-17)19-13-6-4-5-8-16-13/h4-6,8,12H,7,9-11H2,1-3H3/t12-/m1/s1. The molecule has 0 radical (unpaired) electrons. The second-order valence-electron chi connectivity index (χ2n) is 6.27. The summed E-state index contributed by atoms with van der Waals surface area (Å²) in [6.45, 7) is 7.71. The lowest BCUT2D eigenvalue weighted by atomic mass is 9.92. The number of hydrogen-bond acceptors (Lipinski definition) is 3. The zero-order chi connectivity index (χ0) is 13.9. The number of carbonyl (C=O) groups excluding carboxylic acids is 1. The van der Waals surface area contributed by atoms with E-state index in [0.29, 0.717) is 18.8 Å². The van der Waals surface area contributed by atoms with Crippen molar-refractivity contribution in [1.82, 2.24) is 9.88 Å². The zero-order valence-electron chi connectivity index (χ0n) is 11.9. The predicted molar refractivity (Wildman–Crippen MR) is 73.9 cm³/mol. The van der Waals surface area contributed by atoms with E-state index < -0.39 is 0 Å². The van der Waals surface area contributed by atoms with Crippen LogP contribution in [-0.4, -0.2) is 35.0 Å². The van der Waals surface area contributed by atoms with E-state index in [1.807, 2.05) is 23.1 Å². The van der Waals surface area contributed by atoms with Crippen LogP contribution in [0.2, 0.25) is 0 Å². The van der Waals surface area contributed by atoms with Gasteiger partial charge in [0.1, 0.15) is 6.10 Å². The zero-order valence-corrected chi connectivity index (χ0v) is 11.9. The molecule has 1 amide bonds. The molecule has 4 nitrogen and oxygen atoms in total. The Balaban J connectivity index is 1.85. The summed E-state index contributed by atoms with van der Waals surface area (Å²) in [7, 11) is 0. The fraction of sp³-hybridized carbons (Fsp3) is 0.600. The summed E-state index contributed by atoms with van der Waals surface area (Å²) >= 11 is 0. The number of nitrogens with zero attached hydrogens (tertiary/aromatic N) is 2. The first-order valence-corrected chi connectivity index (χ1v) is 6.79. The Bertz CT molecular complexity index is 426. The van der Waals surface area contributed by atoms with E-state index in [1.54, 1.807) is 6.20 Å². The Morgan fingerprint density at radius 3 is 2.89 bits per heavy atom. The fourth-order valence-corrected chi connectivity index (χ4v) is 2.20. The van der Waals surface area contributed by atoms with Crippen LogP contribution in [0.25, 0.3) is 0 Å². The summed E-state index contributed by atoms with van der Waals surface area (Å²) in [4.78, 5) is 18.2. The monoisotopic (exact) mass is 262 g/mol. The van der Waals surface area contributed by atoms with Crippen LogP contribution in [0.1, 0.15) is 33.6 Å². The van der Waals surface area contributed by atoms with Gasteiger partial charge in [-0.05, 0) is 11.5 Å². The van der Waals surface area contributed by atoms with Gasteiger partial charge in [-0.3, -0.25) is 4.79 Å². The van der Waals surface area contributed by atoms with E-state index in [9.17, 15) is 4.79 Å². The van der Waals surface area contributed by atoms with Gasteiger partial charge in [-0.15, -0.1) is 0 Å². The van der Waals surface area contributed by atoms with Crippen LogP contribution < -0.4 is 4.74 Å². The van der Waals surface area contributed by atoms with Crippen molar-refractivity contribution < 1.29 is 9.53 Å². The topological polar surface area (TPSA) is 42.4 Å². The van der Waals surface area contributed by atoms with Gasteiger partial charge in [-0.25, -0.2) is 4.98 Å². The van der Waals surface area contributed by atoms with E-state index in [2.05, 4.69) is 25.8 Å². The number of ether oxygens (including phenoxy) is 1. The highest BCUT2D eigenvalue weighted by Gasteiger charge is 2.29. The van der Waals surface area contributed by atoms with Crippen LogP contribution >= 0.6 is 0 Å². The van der Waals surface area contributed by atoms with Gasteiger partial charge in [0.2, 0.25) is 11.8 Å². The molecule has 1 aliphatic rings. The van der Waals surface area contributed by atoms with Crippen LogP contribution in [0.5, 0.6) is 5.88 Å². The van der Waals surface area contributed by atoms with Gasteiger partial charge in [-0.1, -0.05) is 26.8 Å². The molecular weight excluding hydrogens is 240 g/mol. The normalized spacial score (nSPS) is 19.5. The van der Waals surface area contributed by atoms with Crippen molar-refractivity contribution in [3.8, 4) is 5.88 Å². The number of carbonyl (C=O) groups is 1. The molecule has 4 heteroatoms. The average Bonchev–Trinajstić information content (AvgIpc) is 2.77. The lowest BCUT2D eigenvalue weighted by molar-refractivity contribution is -0.132. The number of aromatic nitrogens is 1. The largest absolute Gasteiger partial charge is 0.472 e. The van der Waals surface area contributed by atoms with Crippen molar-refractivity contribution >= 4 is 5.91 Å². The first-order chi connectivity index (χ1) is 8.94. The molecule has 104 valence electrons. The molecule has 0 saturated carbocycles. The van der Waals surface area contributed by atoms with Gasteiger partial charge < -0.3 is 9.64 Å². The summed E-state index contributed by atoms with van der Waals surface area (Å²) in [6, 6.07) is 5.61. The van der Waals surface area contributed by atoms with Crippen molar-refractivity contribution in [2.45, 2.75) is 39.7 Å². The molecule has 1 saturated heterocycles. The lowest BCUT2D eigenvalue weighted by Crippen LogP contribution is -2.33. The second-order valence-corrected chi connectivity index (χ2v) is 6.27. The maximum absolute atomic E-state index is 12.1. The summed E-state index contributed by atoms with van der Waals surface area (Å²) in [6.07, 6.45) is 3.25. The fourth-order valence-electron chi connectivity index (χ4n) is 2.20. The van der Waals surface area contributed by atoms with Gasteiger partial charge in [0, 0.05) is 31.6 Å². The SMILES string of the molecule is CC(C)(C)CC(=O)N1CC[C@@H](Oc2ccccn2)C1. The van der Waals surface area contributed by atoms with E-state index in [4.69, 9.17) is 4.74 Å². The Morgan fingerprint density at radius 1 is 1.47 bits per heavy atom. The Morgan fingerprint density at radius 2 is 2.26 bits per heavy atom. The van der Waals surface area contributed by atoms with Crippen molar-refractivity contribution in [1.29, 1.82) is 0 Å². The van der Waals surface area contributed by atoms with Crippen LogP contribution in [0.15, 0.2) is 24.4 Å². The molecule has 1 aromatic heterocycles. The maximum Gasteiger partial charge on any atom is 0.223 e. The third kappa shape index (κ3) is 4.23. The Kier molecular flexibility index (Phi) is 4.08. The predicted octanol–water partition coefficient (Wildman–Crippen LogP) is 2.50. The molecule has 0 aromatic carbocycles. The molecule has 0 bridgehead atoms. The minimum Gasteiger partial charge on any atom is -0.472 e. The lowest BCUT2D eigenvalue weighted by Gasteiger charge is -2.23. The number of amides is 1. The van der Waals surface area contributed by atoms with Crippen molar-refractivity contribution in [2.75, 3.05) is 13.1 Å². The minimum atomic E-state index is 0.0387. The molecule has 0 spiro atoms. The summed E-state index contributed by atoms with van der Waals surface area (Å²) in [5.74, 6) is 0.859. The van der Waals surface area contributed by atoms with E-state index in [-0.39, 0.29) is 17.4 Å². The Labute approximate surface area is 114 Å². The van der Waals surface area contributed by atoms with Crippen LogP contribution in [-0.2, 0) is 4.79 Å². The molecule has 0 aliphatic carbocycles. The van der Waals surface area contributed by atoms with E-state index >= 15 is 0 Å². The van der Waals surface area contributed by atoms with Crippen LogP contribution in [0.4, 0.5) is 0 Å². The highest BCUT2D eigenvalue weighted by Crippen LogP contribution is 2.23. The number of hydrogen-bond donors (Lipinski definition) is 0. The van der Waals surface area contributed by atoms with Crippen molar-refractivity contribution in [2.24, 2.45) is 5.41 Å². The van der Waals surface area contributed by atoms with Gasteiger partial charge in [0.05, 0.1) is 6.54 Å². The van der Waals surface area contributed by atoms with Crippen LogP contribution in [0.3, 0.4) is 0 Å². The van der Waals surface area contributed by atoms with E-state index in [0.717, 1.165) is 13.0 Å². The minimum absolute atomic E-state index is 0.0387. The molecule has 2 heterocycles. The molecule has 19 heavy (non-hydrogen) atoms. The van der Waals surface area contributed by atoms with Gasteiger partial charge in [-0.2, -0.15) is 0 Å². The molecule has 1 aromatic rings. The summed E-state index contributed by atoms with van der Waals surface area (Å²) in [5.41, 5.74) is 0.0387. The smallest absolute Gasteiger partial charge is 0.223 e. The number of pyridine rings is 1. The molecule has 1 atom stereocenters. The number of likely N-dealkylation sites (tertiary alicyclic amines) is 1. The van der Waals surface area contributed by atoms with Crippen molar-refractivity contribution in [3.63, 3.8) is 0 Å². The van der Waals surface area contributed by atoms with Crippen LogP contribution in [0, 0.1) is 5.41 Å². The first kappa shape index (κ1) is 13.8. The highest BCUT2D eigenvalue weighted by molar-refractivity contribution is 5.77. The number of rotatable bonds is 3. The summed E-state index contributed by atoms with van der Waals surface area (Å²) in [5, 5.41) is 0. The molecule has 0 unspecified atom stereocenters. The average molecular weight is 262 g/mol. The third-order valence-corrected chi connectivity index (χ3v) is 3.10. The second kappa shape index (κ2) is 5.59. The Hall–Kier alpha value is -1.58.